The van der Waals surface area contributed by atoms with Gasteiger partial charge in [-0.05, 0) is 150 Å². The maximum Gasteiger partial charge on any atom is 0.135 e. The first-order valence-electron chi connectivity index (χ1n) is 28.9. The van der Waals surface area contributed by atoms with E-state index in [0.717, 1.165) is 33.6 Å². The van der Waals surface area contributed by atoms with Crippen LogP contribution in [0.1, 0.15) is 48.3 Å². The van der Waals surface area contributed by atoms with E-state index in [1.165, 1.54) is 11.1 Å². The molecule has 2 heteroatoms. The Morgan fingerprint density at radius 1 is 0.381 bits per heavy atom. The molecule has 63 heavy (non-hydrogen) atoms. The van der Waals surface area contributed by atoms with Gasteiger partial charge in [-0.25, -0.2) is 0 Å². The standard InChI is InChI=1S/C61H43NO/c1-61(2)57-20-12-11-19-51(57)52-34-31-50(39-58(52)61)62(48-27-21-42(22-28-48)40-13-5-3-6-14-40)49-29-23-43(24-30-49)47-26-33-54-56-36-45-18-10-9-17-44(45)35-55(56)53-32-25-46(41-15-7-4-8-16-41)37-59(53)63-60(54)38-47/h3-39H,1-2H3/i4D,7D,8D,9D,10D,15D,16D,17D,18D,25D,26D,32D,33D,35D,36D,37D,38D. The molecule has 0 radical (unpaired) electrons. The van der Waals surface area contributed by atoms with Gasteiger partial charge in [0.05, 0.1) is 23.3 Å². The summed E-state index contributed by atoms with van der Waals surface area (Å²) in [6, 6.07) is 27.5. The molecule has 1 aliphatic heterocycles. The Morgan fingerprint density at radius 3 is 1.52 bits per heavy atom. The topological polar surface area (TPSA) is 12.5 Å². The fourth-order valence-electron chi connectivity index (χ4n) is 8.77. The van der Waals surface area contributed by atoms with E-state index in [-0.39, 0.29) is 16.5 Å². The van der Waals surface area contributed by atoms with Crippen molar-refractivity contribution in [2.75, 3.05) is 4.90 Å². The number of rotatable bonds is 6. The Morgan fingerprint density at radius 2 is 0.889 bits per heavy atom. The Balaban J connectivity index is 1.08. The summed E-state index contributed by atoms with van der Waals surface area (Å²) < 4.78 is 161. The van der Waals surface area contributed by atoms with Crippen molar-refractivity contribution in [3.63, 3.8) is 0 Å². The number of hydrogen-bond donors (Lipinski definition) is 0. The quantitative estimate of drug-likeness (QED) is 0.166. The molecule has 10 aromatic carbocycles. The second-order valence-corrected chi connectivity index (χ2v) is 16.0. The van der Waals surface area contributed by atoms with Gasteiger partial charge < -0.3 is 9.64 Å². The van der Waals surface area contributed by atoms with Gasteiger partial charge in [0.2, 0.25) is 0 Å². The first-order chi connectivity index (χ1) is 38.1. The van der Waals surface area contributed by atoms with Gasteiger partial charge >= 0.3 is 0 Å². The smallest absolute Gasteiger partial charge is 0.135 e. The largest absolute Gasteiger partial charge is 0.456 e. The maximum absolute atomic E-state index is 9.95. The van der Waals surface area contributed by atoms with E-state index >= 15 is 0 Å². The zero-order valence-electron chi connectivity index (χ0n) is 50.9. The zero-order chi connectivity index (χ0) is 56.9. The molecule has 12 rings (SSSR count). The molecule has 0 spiro atoms. The molecular weight excluding hydrogens is 763 g/mol. The fourth-order valence-corrected chi connectivity index (χ4v) is 8.77. The molecule has 2 nitrogen and oxygen atoms in total. The number of ether oxygens (including phenoxy) is 1. The summed E-state index contributed by atoms with van der Waals surface area (Å²) in [6.07, 6.45) is 0. The van der Waals surface area contributed by atoms with E-state index in [1.54, 1.807) is 12.1 Å². The monoisotopic (exact) mass is 822 g/mol. The van der Waals surface area contributed by atoms with Gasteiger partial charge in [0, 0.05) is 33.6 Å². The highest BCUT2D eigenvalue weighted by Crippen LogP contribution is 2.52. The van der Waals surface area contributed by atoms with Crippen molar-refractivity contribution in [3.8, 4) is 78.3 Å². The summed E-state index contributed by atoms with van der Waals surface area (Å²) in [7, 11) is 0. The van der Waals surface area contributed by atoms with Crippen LogP contribution in [0, 0.1) is 0 Å². The lowest BCUT2D eigenvalue weighted by atomic mass is 9.82. The van der Waals surface area contributed by atoms with Crippen LogP contribution in [0.5, 0.6) is 11.5 Å². The summed E-state index contributed by atoms with van der Waals surface area (Å²) in [5, 5.41) is -0.905. The molecule has 1 aliphatic carbocycles. The highest BCUT2D eigenvalue weighted by atomic mass is 16.5. The van der Waals surface area contributed by atoms with Gasteiger partial charge in [-0.15, -0.1) is 0 Å². The number of fused-ring (bicyclic) bond motifs is 9. The van der Waals surface area contributed by atoms with Crippen LogP contribution in [0.2, 0.25) is 0 Å². The number of benzene rings is 10. The lowest BCUT2D eigenvalue weighted by Gasteiger charge is -2.28. The van der Waals surface area contributed by atoms with E-state index < -0.39 is 158 Å². The van der Waals surface area contributed by atoms with Crippen molar-refractivity contribution in [2.24, 2.45) is 0 Å². The van der Waals surface area contributed by atoms with Crippen molar-refractivity contribution >= 4 is 27.8 Å². The second-order valence-electron chi connectivity index (χ2n) is 16.0. The van der Waals surface area contributed by atoms with Crippen molar-refractivity contribution in [1.29, 1.82) is 0 Å². The second kappa shape index (κ2) is 14.6. The summed E-state index contributed by atoms with van der Waals surface area (Å²) >= 11 is 0. The Kier molecular flexibility index (Phi) is 5.41. The predicted octanol–water partition coefficient (Wildman–Crippen LogP) is 17.1. The molecule has 0 saturated heterocycles. The van der Waals surface area contributed by atoms with Gasteiger partial charge in [-0.1, -0.05) is 165 Å². The molecule has 0 N–H and O–H groups in total. The van der Waals surface area contributed by atoms with Crippen LogP contribution in [0.25, 0.3) is 77.5 Å². The third kappa shape index (κ3) is 6.25. The van der Waals surface area contributed by atoms with E-state index in [2.05, 4.69) is 49.1 Å². The molecule has 0 saturated carbocycles. The molecule has 0 amide bonds. The highest BCUT2D eigenvalue weighted by Gasteiger charge is 2.36. The number of hydrogen-bond acceptors (Lipinski definition) is 2. The summed E-state index contributed by atoms with van der Waals surface area (Å²) in [5.74, 6) is -1.21. The van der Waals surface area contributed by atoms with Crippen LogP contribution >= 0.6 is 0 Å². The van der Waals surface area contributed by atoms with E-state index in [0.29, 0.717) is 5.69 Å². The van der Waals surface area contributed by atoms with Crippen LogP contribution in [0.15, 0.2) is 224 Å². The molecule has 0 fully saturated rings. The van der Waals surface area contributed by atoms with E-state index in [9.17, 15) is 11.0 Å². The molecule has 0 atom stereocenters. The Hall–Kier alpha value is -7.94. The summed E-state index contributed by atoms with van der Waals surface area (Å²) in [5.41, 5.74) is 5.79. The Labute approximate surface area is 392 Å². The molecule has 2 aliphatic rings. The van der Waals surface area contributed by atoms with Crippen molar-refractivity contribution in [1.82, 2.24) is 0 Å². The third-order valence-electron chi connectivity index (χ3n) is 11.9. The highest BCUT2D eigenvalue weighted by molar-refractivity contribution is 6.00. The first-order valence-corrected chi connectivity index (χ1v) is 20.4. The lowest BCUT2D eigenvalue weighted by Crippen LogP contribution is -2.16. The normalized spacial score (nSPS) is 16.6. The van der Waals surface area contributed by atoms with Crippen molar-refractivity contribution in [3.05, 3.63) is 235 Å². The molecule has 0 unspecified atom stereocenters. The van der Waals surface area contributed by atoms with Crippen molar-refractivity contribution in [2.45, 2.75) is 19.3 Å². The molecule has 0 aromatic heterocycles. The SMILES string of the molecule is [2H]c1c([2H])c([2H])c(-c2c([2H])c([2H])c3c(c2[2H])Oc2c([2H])c(-c4ccc(N(c5ccc(-c6ccccc6)cc5)c5ccc6c(c5)C(C)(C)c5ccccc5-6)cc4)c([2H])c([2H])c2-c2c-3c([2H])c3c([2H])c([2H])c([2H])c([2H])c3c2[2H])c([2H])c1[2H]. The number of anilines is 3. The minimum absolute atomic E-state index is 0.137. The predicted molar refractivity (Wildman–Crippen MR) is 263 cm³/mol. The van der Waals surface area contributed by atoms with Crippen LogP contribution < -0.4 is 9.64 Å². The van der Waals surface area contributed by atoms with Crippen LogP contribution in [-0.4, -0.2) is 0 Å². The average Bonchev–Trinajstić information content (AvgIpc) is 2.43. The molecule has 1 heterocycles. The Bertz CT molecular complexity index is 4340. The minimum Gasteiger partial charge on any atom is -0.456 e. The fraction of sp³-hybridized carbons (Fsp3) is 0.0492. The molecular formula is C61H43NO. The minimum atomic E-state index is -0.845. The molecule has 10 aromatic rings. The van der Waals surface area contributed by atoms with Crippen LogP contribution in [-0.2, 0) is 5.41 Å². The average molecular weight is 823 g/mol. The van der Waals surface area contributed by atoms with E-state index in [1.807, 2.05) is 78.9 Å². The van der Waals surface area contributed by atoms with E-state index in [4.69, 9.17) is 17.1 Å². The summed E-state index contributed by atoms with van der Waals surface area (Å²) in [6.45, 7) is 4.41. The third-order valence-corrected chi connectivity index (χ3v) is 11.9. The maximum atomic E-state index is 9.95. The van der Waals surface area contributed by atoms with Gasteiger partial charge in [0.25, 0.3) is 0 Å². The van der Waals surface area contributed by atoms with Crippen molar-refractivity contribution < 1.29 is 28.0 Å². The molecule has 298 valence electrons. The van der Waals surface area contributed by atoms with Crippen LogP contribution in [0.4, 0.5) is 17.1 Å². The van der Waals surface area contributed by atoms with Gasteiger partial charge in [-0.2, -0.15) is 0 Å². The first kappa shape index (κ1) is 23.3. The van der Waals surface area contributed by atoms with Gasteiger partial charge in [-0.3, -0.25) is 0 Å². The van der Waals surface area contributed by atoms with Crippen LogP contribution in [0.3, 0.4) is 0 Å². The lowest BCUT2D eigenvalue weighted by molar-refractivity contribution is 0.488. The van der Waals surface area contributed by atoms with Gasteiger partial charge in [0.1, 0.15) is 11.5 Å². The summed E-state index contributed by atoms with van der Waals surface area (Å²) in [4.78, 5) is 2.10. The number of nitrogens with zero attached hydrogens (tertiary/aromatic N) is 1. The molecule has 0 bridgehead atoms. The van der Waals surface area contributed by atoms with Gasteiger partial charge in [0.15, 0.2) is 0 Å². The zero-order valence-corrected chi connectivity index (χ0v) is 33.9.